The molecule has 1 atom stereocenters. The molecule has 1 unspecified atom stereocenters. The second kappa shape index (κ2) is 4.24. The zero-order chi connectivity index (χ0) is 11.6. The maximum absolute atomic E-state index is 13.8. The van der Waals surface area contributed by atoms with E-state index in [4.69, 9.17) is 10.5 Å². The molecule has 0 fully saturated rings. The average molecular weight is 215 g/mol. The lowest BCUT2D eigenvalue weighted by molar-refractivity contribution is 0.00399. The zero-order valence-corrected chi connectivity index (χ0v) is 9.10. The van der Waals surface area contributed by atoms with E-state index in [0.717, 1.165) is 0 Å². The Morgan fingerprint density at radius 1 is 1.40 bits per heavy atom. The minimum Gasteiger partial charge on any atom is -0.372 e. The minimum atomic E-state index is -1.12. The molecule has 1 rings (SSSR count). The van der Waals surface area contributed by atoms with E-state index in [1.54, 1.807) is 13.8 Å². The van der Waals surface area contributed by atoms with E-state index in [2.05, 4.69) is 0 Å². The maximum atomic E-state index is 13.8. The normalized spacial score (nSPS) is 15.1. The van der Waals surface area contributed by atoms with E-state index in [9.17, 15) is 8.78 Å². The van der Waals surface area contributed by atoms with Crippen LogP contribution in [0.3, 0.4) is 0 Å². The van der Waals surface area contributed by atoms with Gasteiger partial charge in [-0.3, -0.25) is 0 Å². The molecule has 1 aromatic rings. The molecular weight excluding hydrogens is 200 g/mol. The summed E-state index contributed by atoms with van der Waals surface area (Å²) in [5, 5.41) is 0. The lowest BCUT2D eigenvalue weighted by atomic mass is 9.93. The third-order valence-electron chi connectivity index (χ3n) is 2.65. The van der Waals surface area contributed by atoms with Crippen LogP contribution in [-0.2, 0) is 10.3 Å². The first kappa shape index (κ1) is 12.1. The topological polar surface area (TPSA) is 35.2 Å². The fourth-order valence-electron chi connectivity index (χ4n) is 1.43. The van der Waals surface area contributed by atoms with Crippen LogP contribution < -0.4 is 5.73 Å². The number of aryl methyl sites for hydroxylation is 1. The van der Waals surface area contributed by atoms with Gasteiger partial charge >= 0.3 is 0 Å². The van der Waals surface area contributed by atoms with Crippen LogP contribution in [0.15, 0.2) is 12.1 Å². The number of benzene rings is 1. The number of ether oxygens (including phenoxy) is 1. The van der Waals surface area contributed by atoms with Gasteiger partial charge in [-0.05, 0) is 25.5 Å². The summed E-state index contributed by atoms with van der Waals surface area (Å²) in [6.07, 6.45) is 0. The van der Waals surface area contributed by atoms with Crippen molar-refractivity contribution < 1.29 is 13.5 Å². The molecule has 2 nitrogen and oxygen atoms in total. The van der Waals surface area contributed by atoms with Crippen LogP contribution in [0, 0.1) is 18.6 Å². The van der Waals surface area contributed by atoms with Crippen LogP contribution in [0.1, 0.15) is 18.1 Å². The molecule has 0 spiro atoms. The van der Waals surface area contributed by atoms with Crippen LogP contribution in [0.5, 0.6) is 0 Å². The van der Waals surface area contributed by atoms with E-state index in [0.29, 0.717) is 5.56 Å². The summed E-state index contributed by atoms with van der Waals surface area (Å²) in [5.41, 5.74) is 4.63. The first-order chi connectivity index (χ1) is 6.96. The third kappa shape index (κ3) is 2.01. The number of methoxy groups -OCH3 is 1. The molecule has 0 aliphatic carbocycles. The van der Waals surface area contributed by atoms with E-state index in [1.165, 1.54) is 19.2 Å². The lowest BCUT2D eigenvalue weighted by Crippen LogP contribution is -2.36. The average Bonchev–Trinajstić information content (AvgIpc) is 2.23. The van der Waals surface area contributed by atoms with Crippen LogP contribution in [0.2, 0.25) is 0 Å². The van der Waals surface area contributed by atoms with E-state index < -0.39 is 17.2 Å². The molecule has 2 N–H and O–H groups in total. The first-order valence-electron chi connectivity index (χ1n) is 4.66. The van der Waals surface area contributed by atoms with Crippen molar-refractivity contribution in [3.63, 3.8) is 0 Å². The summed E-state index contributed by atoms with van der Waals surface area (Å²) in [7, 11) is 1.38. The van der Waals surface area contributed by atoms with Gasteiger partial charge < -0.3 is 10.5 Å². The summed E-state index contributed by atoms with van der Waals surface area (Å²) in [4.78, 5) is 0. The Morgan fingerprint density at radius 2 is 2.00 bits per heavy atom. The highest BCUT2D eigenvalue weighted by molar-refractivity contribution is 5.31. The molecule has 15 heavy (non-hydrogen) atoms. The third-order valence-corrected chi connectivity index (χ3v) is 2.65. The summed E-state index contributed by atoms with van der Waals surface area (Å²) in [5.74, 6) is -1.22. The number of nitrogens with two attached hydrogens (primary N) is 1. The van der Waals surface area contributed by atoms with Gasteiger partial charge in [0.1, 0.15) is 17.2 Å². The van der Waals surface area contributed by atoms with Gasteiger partial charge in [0.2, 0.25) is 0 Å². The first-order valence-corrected chi connectivity index (χ1v) is 4.66. The van der Waals surface area contributed by atoms with Crippen molar-refractivity contribution in [1.82, 2.24) is 0 Å². The highest BCUT2D eigenvalue weighted by Crippen LogP contribution is 2.29. The van der Waals surface area contributed by atoms with Crippen LogP contribution in [0.25, 0.3) is 0 Å². The molecule has 4 heteroatoms. The fraction of sp³-hybridized carbons (Fsp3) is 0.455. The van der Waals surface area contributed by atoms with Crippen molar-refractivity contribution in [2.75, 3.05) is 13.7 Å². The number of hydrogen-bond donors (Lipinski definition) is 1. The van der Waals surface area contributed by atoms with E-state index in [1.807, 2.05) is 0 Å². The Morgan fingerprint density at radius 3 is 2.47 bits per heavy atom. The molecule has 0 aliphatic heterocycles. The highest BCUT2D eigenvalue weighted by atomic mass is 19.1. The van der Waals surface area contributed by atoms with Crippen LogP contribution in [-0.4, -0.2) is 13.7 Å². The monoisotopic (exact) mass is 215 g/mol. The molecule has 0 aromatic heterocycles. The van der Waals surface area contributed by atoms with Crippen molar-refractivity contribution in [2.24, 2.45) is 5.73 Å². The molecular formula is C11H15F2NO. The number of hydrogen-bond acceptors (Lipinski definition) is 2. The van der Waals surface area contributed by atoms with Gasteiger partial charge in [-0.1, -0.05) is 6.07 Å². The summed E-state index contributed by atoms with van der Waals surface area (Å²) < 4.78 is 32.4. The van der Waals surface area contributed by atoms with Crippen molar-refractivity contribution in [2.45, 2.75) is 19.4 Å². The molecule has 84 valence electrons. The second-order valence-electron chi connectivity index (χ2n) is 3.69. The molecule has 0 radical (unpaired) electrons. The molecule has 1 aromatic carbocycles. The van der Waals surface area contributed by atoms with Crippen molar-refractivity contribution in [3.05, 3.63) is 34.9 Å². The smallest absolute Gasteiger partial charge is 0.135 e. The largest absolute Gasteiger partial charge is 0.372 e. The van der Waals surface area contributed by atoms with Gasteiger partial charge in [0.15, 0.2) is 0 Å². The Bertz CT molecular complexity index is 362. The quantitative estimate of drug-likeness (QED) is 0.838. The summed E-state index contributed by atoms with van der Waals surface area (Å²) in [6.45, 7) is 3.15. The minimum absolute atomic E-state index is 0.0147. The Labute approximate surface area is 88.0 Å². The van der Waals surface area contributed by atoms with E-state index >= 15 is 0 Å². The van der Waals surface area contributed by atoms with Gasteiger partial charge in [0.05, 0.1) is 5.56 Å². The molecule has 0 bridgehead atoms. The number of halogens is 2. The number of rotatable bonds is 3. The van der Waals surface area contributed by atoms with E-state index in [-0.39, 0.29) is 12.1 Å². The van der Waals surface area contributed by atoms with Gasteiger partial charge in [0.25, 0.3) is 0 Å². The Kier molecular flexibility index (Phi) is 3.42. The summed E-state index contributed by atoms with van der Waals surface area (Å²) in [6, 6.07) is 2.61. The zero-order valence-electron chi connectivity index (χ0n) is 9.10. The Balaban J connectivity index is 3.41. The molecule has 0 saturated heterocycles. The molecule has 0 heterocycles. The van der Waals surface area contributed by atoms with Crippen molar-refractivity contribution in [1.29, 1.82) is 0 Å². The highest BCUT2D eigenvalue weighted by Gasteiger charge is 2.31. The SMILES string of the molecule is COC(C)(CN)c1c(F)ccc(C)c1F. The predicted molar refractivity (Wildman–Crippen MR) is 54.5 cm³/mol. The molecule has 0 saturated carbocycles. The maximum Gasteiger partial charge on any atom is 0.135 e. The van der Waals surface area contributed by atoms with Crippen molar-refractivity contribution in [3.8, 4) is 0 Å². The lowest BCUT2D eigenvalue weighted by Gasteiger charge is -2.28. The summed E-state index contributed by atoms with van der Waals surface area (Å²) >= 11 is 0. The standard InChI is InChI=1S/C11H15F2NO/c1-7-4-5-8(12)9(10(7)13)11(2,6-14)15-3/h4-5H,6,14H2,1-3H3. The Hall–Kier alpha value is -1.00. The fourth-order valence-corrected chi connectivity index (χ4v) is 1.43. The van der Waals surface area contributed by atoms with Crippen LogP contribution >= 0.6 is 0 Å². The van der Waals surface area contributed by atoms with Crippen LogP contribution in [0.4, 0.5) is 8.78 Å². The second-order valence-corrected chi connectivity index (χ2v) is 3.69. The van der Waals surface area contributed by atoms with Crippen molar-refractivity contribution >= 4 is 0 Å². The predicted octanol–water partition coefficient (Wildman–Crippen LogP) is 2.09. The van der Waals surface area contributed by atoms with Gasteiger partial charge in [-0.15, -0.1) is 0 Å². The van der Waals surface area contributed by atoms with Gasteiger partial charge in [-0.2, -0.15) is 0 Å². The van der Waals surface area contributed by atoms with Gasteiger partial charge in [0, 0.05) is 13.7 Å². The molecule has 0 amide bonds. The van der Waals surface area contributed by atoms with Gasteiger partial charge in [-0.25, -0.2) is 8.78 Å². The molecule has 0 aliphatic rings.